The number of nitrogens with zero attached hydrogens (tertiary/aromatic N) is 2. The fraction of sp³-hybridized carbons (Fsp3) is 0.600. The maximum atomic E-state index is 11.2. The Bertz CT molecular complexity index is 623. The van der Waals surface area contributed by atoms with Gasteiger partial charge in [0, 0.05) is 31.1 Å². The normalized spacial score (nSPS) is 12.9. The molecule has 0 radical (unpaired) electrons. The summed E-state index contributed by atoms with van der Waals surface area (Å²) in [6.07, 6.45) is 3.46. The first-order valence-corrected chi connectivity index (χ1v) is 9.61. The lowest BCUT2D eigenvalue weighted by Gasteiger charge is -2.17. The molecule has 7 nitrogen and oxygen atoms in total. The zero-order valence-electron chi connectivity index (χ0n) is 14.6. The number of hydrogen-bond acceptors (Lipinski definition) is 5. The van der Waals surface area contributed by atoms with Crippen molar-refractivity contribution >= 4 is 39.8 Å². The number of halogens is 1. The molecule has 0 bridgehead atoms. The first-order valence-electron chi connectivity index (χ1n) is 7.55. The fourth-order valence-electron chi connectivity index (χ4n) is 1.85. The third-order valence-electron chi connectivity index (χ3n) is 3.08. The van der Waals surface area contributed by atoms with Gasteiger partial charge in [-0.3, -0.25) is 0 Å². The van der Waals surface area contributed by atoms with E-state index < -0.39 is 9.84 Å². The van der Waals surface area contributed by atoms with Gasteiger partial charge < -0.3 is 15.4 Å². The van der Waals surface area contributed by atoms with Crippen molar-refractivity contribution in [3.05, 3.63) is 23.9 Å². The molecule has 1 aromatic rings. The molecule has 0 saturated carbocycles. The number of sulfone groups is 1. The van der Waals surface area contributed by atoms with Gasteiger partial charge in [0.1, 0.15) is 9.84 Å². The van der Waals surface area contributed by atoms with Crippen molar-refractivity contribution in [2.45, 2.75) is 32.9 Å². The zero-order valence-corrected chi connectivity index (χ0v) is 17.7. The summed E-state index contributed by atoms with van der Waals surface area (Å²) in [4.78, 5) is 8.56. The van der Waals surface area contributed by atoms with Crippen molar-refractivity contribution in [2.24, 2.45) is 4.99 Å². The SMILES string of the molecule is CCNC(=NCc1ccnc(OC)c1)NC(C)CCS(C)(=O)=O.I. The maximum absolute atomic E-state index is 11.2. The topological polar surface area (TPSA) is 92.7 Å². The number of ether oxygens (including phenoxy) is 1. The number of guanidine groups is 1. The second-order valence-corrected chi connectivity index (χ2v) is 7.63. The van der Waals surface area contributed by atoms with Gasteiger partial charge in [-0.25, -0.2) is 18.4 Å². The quantitative estimate of drug-likeness (QED) is 0.341. The van der Waals surface area contributed by atoms with Crippen molar-refractivity contribution in [2.75, 3.05) is 25.7 Å². The summed E-state index contributed by atoms with van der Waals surface area (Å²) in [7, 11) is -1.38. The van der Waals surface area contributed by atoms with Crippen molar-refractivity contribution < 1.29 is 13.2 Å². The standard InChI is InChI=1S/C15H26N4O3S.HI/c1-5-16-15(19-12(2)7-9-23(4,20)21)18-11-13-6-8-17-14(10-13)22-3;/h6,8,10,12H,5,7,9,11H2,1-4H3,(H2,16,18,19);1H. The van der Waals surface area contributed by atoms with Crippen LogP contribution in [0.5, 0.6) is 5.88 Å². The van der Waals surface area contributed by atoms with Crippen LogP contribution in [0.25, 0.3) is 0 Å². The molecule has 0 fully saturated rings. The van der Waals surface area contributed by atoms with Gasteiger partial charge in [-0.15, -0.1) is 24.0 Å². The summed E-state index contributed by atoms with van der Waals surface area (Å²) in [6.45, 7) is 5.12. The van der Waals surface area contributed by atoms with Gasteiger partial charge in [0.05, 0.1) is 19.4 Å². The Labute approximate surface area is 161 Å². The highest BCUT2D eigenvalue weighted by atomic mass is 127. The third kappa shape index (κ3) is 9.91. The summed E-state index contributed by atoms with van der Waals surface area (Å²) >= 11 is 0. The van der Waals surface area contributed by atoms with Crippen molar-refractivity contribution in [1.29, 1.82) is 0 Å². The third-order valence-corrected chi connectivity index (χ3v) is 4.05. The van der Waals surface area contributed by atoms with Crippen LogP contribution in [0, 0.1) is 0 Å². The van der Waals surface area contributed by atoms with Gasteiger partial charge in [-0.05, 0) is 31.9 Å². The minimum Gasteiger partial charge on any atom is -0.481 e. The molecule has 0 amide bonds. The first kappa shape index (κ1) is 22.9. The molecular formula is C15H27IN4O3S. The zero-order chi connectivity index (χ0) is 17.3. The van der Waals surface area contributed by atoms with E-state index in [0.29, 0.717) is 24.8 Å². The number of aliphatic imine (C=N–C) groups is 1. The van der Waals surface area contributed by atoms with E-state index >= 15 is 0 Å². The Morgan fingerprint density at radius 2 is 2.17 bits per heavy atom. The lowest BCUT2D eigenvalue weighted by Crippen LogP contribution is -2.42. The molecular weight excluding hydrogens is 443 g/mol. The monoisotopic (exact) mass is 470 g/mol. The number of methoxy groups -OCH3 is 1. The van der Waals surface area contributed by atoms with Gasteiger partial charge >= 0.3 is 0 Å². The van der Waals surface area contributed by atoms with Gasteiger partial charge in [0.2, 0.25) is 5.88 Å². The molecule has 1 rings (SSSR count). The van der Waals surface area contributed by atoms with E-state index in [1.165, 1.54) is 6.26 Å². The van der Waals surface area contributed by atoms with Crippen LogP contribution in [0.1, 0.15) is 25.8 Å². The van der Waals surface area contributed by atoms with E-state index in [0.717, 1.165) is 12.1 Å². The second kappa shape index (κ2) is 11.5. The van der Waals surface area contributed by atoms with E-state index in [4.69, 9.17) is 4.74 Å². The predicted octanol–water partition coefficient (Wildman–Crippen LogP) is 1.59. The van der Waals surface area contributed by atoms with Gasteiger partial charge in [0.25, 0.3) is 0 Å². The maximum Gasteiger partial charge on any atom is 0.213 e. The minimum atomic E-state index is -2.95. The highest BCUT2D eigenvalue weighted by Crippen LogP contribution is 2.09. The molecule has 138 valence electrons. The highest BCUT2D eigenvalue weighted by Gasteiger charge is 2.09. The molecule has 0 aliphatic heterocycles. The van der Waals surface area contributed by atoms with E-state index in [1.54, 1.807) is 13.3 Å². The van der Waals surface area contributed by atoms with Crippen LogP contribution < -0.4 is 15.4 Å². The van der Waals surface area contributed by atoms with Crippen LogP contribution in [0.2, 0.25) is 0 Å². The Kier molecular flexibility index (Phi) is 10.9. The molecule has 0 aliphatic carbocycles. The Hall–Kier alpha value is -1.10. The number of aromatic nitrogens is 1. The summed E-state index contributed by atoms with van der Waals surface area (Å²) in [5, 5.41) is 6.37. The molecule has 0 spiro atoms. The van der Waals surface area contributed by atoms with Gasteiger partial charge in [-0.1, -0.05) is 0 Å². The number of nitrogens with one attached hydrogen (secondary N) is 2. The summed E-state index contributed by atoms with van der Waals surface area (Å²) in [5.41, 5.74) is 0.984. The van der Waals surface area contributed by atoms with Crippen molar-refractivity contribution in [1.82, 2.24) is 15.6 Å². The Morgan fingerprint density at radius 1 is 1.46 bits per heavy atom. The largest absolute Gasteiger partial charge is 0.481 e. The lowest BCUT2D eigenvalue weighted by atomic mass is 10.2. The molecule has 1 aromatic heterocycles. The average Bonchev–Trinajstić information content (AvgIpc) is 2.50. The highest BCUT2D eigenvalue weighted by molar-refractivity contribution is 14.0. The van der Waals surface area contributed by atoms with E-state index in [1.807, 2.05) is 26.0 Å². The fourth-order valence-corrected chi connectivity index (χ4v) is 2.63. The molecule has 1 unspecified atom stereocenters. The molecule has 9 heteroatoms. The minimum absolute atomic E-state index is 0. The average molecular weight is 470 g/mol. The predicted molar refractivity (Wildman–Crippen MR) is 108 cm³/mol. The van der Waals surface area contributed by atoms with E-state index in [-0.39, 0.29) is 35.8 Å². The summed E-state index contributed by atoms with van der Waals surface area (Å²) in [6, 6.07) is 3.72. The van der Waals surface area contributed by atoms with Crippen molar-refractivity contribution in [3.63, 3.8) is 0 Å². The van der Waals surface area contributed by atoms with Crippen LogP contribution >= 0.6 is 24.0 Å². The van der Waals surface area contributed by atoms with Crippen molar-refractivity contribution in [3.8, 4) is 5.88 Å². The first-order chi connectivity index (χ1) is 10.8. The Balaban J connectivity index is 0.00000529. The van der Waals surface area contributed by atoms with Crippen LogP contribution in [0.3, 0.4) is 0 Å². The van der Waals surface area contributed by atoms with E-state index in [9.17, 15) is 8.42 Å². The molecule has 2 N–H and O–H groups in total. The number of pyridine rings is 1. The van der Waals surface area contributed by atoms with E-state index in [2.05, 4.69) is 20.6 Å². The van der Waals surface area contributed by atoms with Crippen LogP contribution in [-0.4, -0.2) is 51.1 Å². The molecule has 0 aromatic carbocycles. The molecule has 24 heavy (non-hydrogen) atoms. The summed E-state index contributed by atoms with van der Waals surface area (Å²) < 4.78 is 27.5. The molecule has 0 aliphatic rings. The molecule has 1 heterocycles. The van der Waals surface area contributed by atoms with Crippen LogP contribution in [0.4, 0.5) is 0 Å². The molecule has 1 atom stereocenters. The molecule has 0 saturated heterocycles. The van der Waals surface area contributed by atoms with Crippen LogP contribution in [0.15, 0.2) is 23.3 Å². The lowest BCUT2D eigenvalue weighted by molar-refractivity contribution is 0.397. The second-order valence-electron chi connectivity index (χ2n) is 5.37. The van der Waals surface area contributed by atoms with Gasteiger partial charge in [-0.2, -0.15) is 0 Å². The van der Waals surface area contributed by atoms with Crippen LogP contribution in [-0.2, 0) is 16.4 Å². The summed E-state index contributed by atoms with van der Waals surface area (Å²) in [5.74, 6) is 1.36. The smallest absolute Gasteiger partial charge is 0.213 e. The van der Waals surface area contributed by atoms with Gasteiger partial charge in [0.15, 0.2) is 5.96 Å². The number of hydrogen-bond donors (Lipinski definition) is 2. The number of rotatable bonds is 8. The Morgan fingerprint density at radius 3 is 2.75 bits per heavy atom.